The Morgan fingerprint density at radius 3 is 2.56 bits per heavy atom. The number of rotatable bonds is 8. The quantitative estimate of drug-likeness (QED) is 0.751. The molecular formula is C18H20F3NO3. The molecule has 0 fully saturated rings. The summed E-state index contributed by atoms with van der Waals surface area (Å²) in [6, 6.07) is 7.30. The second kappa shape index (κ2) is 8.71. The molecule has 7 heteroatoms. The maximum atomic E-state index is 12.5. The summed E-state index contributed by atoms with van der Waals surface area (Å²) in [6.07, 6.45) is -1.58. The SMILES string of the molecule is CCCOc1cc(Oc2ccc(C(F)(F)F)cn2)ccc1CCCO. The highest BCUT2D eigenvalue weighted by Gasteiger charge is 2.30. The summed E-state index contributed by atoms with van der Waals surface area (Å²) in [5.41, 5.74) is 0.112. The van der Waals surface area contributed by atoms with Gasteiger partial charge in [-0.15, -0.1) is 0 Å². The van der Waals surface area contributed by atoms with E-state index in [0.717, 1.165) is 24.2 Å². The average molecular weight is 355 g/mol. The van der Waals surface area contributed by atoms with Gasteiger partial charge in [-0.1, -0.05) is 13.0 Å². The minimum atomic E-state index is -4.43. The number of aliphatic hydroxyl groups is 1. The van der Waals surface area contributed by atoms with E-state index < -0.39 is 11.7 Å². The van der Waals surface area contributed by atoms with Crippen molar-refractivity contribution in [3.05, 3.63) is 47.7 Å². The number of aliphatic hydroxyl groups excluding tert-OH is 1. The molecule has 1 heterocycles. The molecule has 0 bridgehead atoms. The number of ether oxygens (including phenoxy) is 2. The fourth-order valence-electron chi connectivity index (χ4n) is 2.15. The van der Waals surface area contributed by atoms with E-state index in [9.17, 15) is 13.2 Å². The molecule has 1 aromatic carbocycles. The van der Waals surface area contributed by atoms with Crippen LogP contribution in [-0.2, 0) is 12.6 Å². The van der Waals surface area contributed by atoms with Crippen molar-refractivity contribution in [2.24, 2.45) is 0 Å². The number of nitrogens with zero attached hydrogens (tertiary/aromatic N) is 1. The topological polar surface area (TPSA) is 51.6 Å². The van der Waals surface area contributed by atoms with E-state index in [1.807, 2.05) is 13.0 Å². The van der Waals surface area contributed by atoms with Gasteiger partial charge in [-0.2, -0.15) is 13.2 Å². The molecule has 1 N–H and O–H groups in total. The van der Waals surface area contributed by atoms with Crippen LogP contribution in [0.5, 0.6) is 17.4 Å². The van der Waals surface area contributed by atoms with E-state index >= 15 is 0 Å². The van der Waals surface area contributed by atoms with Crippen molar-refractivity contribution >= 4 is 0 Å². The highest BCUT2D eigenvalue weighted by atomic mass is 19.4. The van der Waals surface area contributed by atoms with Crippen LogP contribution in [0.15, 0.2) is 36.5 Å². The Labute approximate surface area is 144 Å². The maximum absolute atomic E-state index is 12.5. The summed E-state index contributed by atoms with van der Waals surface area (Å²) in [5, 5.41) is 8.97. The lowest BCUT2D eigenvalue weighted by molar-refractivity contribution is -0.137. The molecule has 25 heavy (non-hydrogen) atoms. The van der Waals surface area contributed by atoms with E-state index in [1.165, 1.54) is 6.07 Å². The third kappa shape index (κ3) is 5.63. The number of aromatic nitrogens is 1. The summed E-state index contributed by atoms with van der Waals surface area (Å²) in [4.78, 5) is 3.69. The molecular weight excluding hydrogens is 335 g/mol. The summed E-state index contributed by atoms with van der Waals surface area (Å²) in [5.74, 6) is 1.13. The van der Waals surface area contributed by atoms with Crippen LogP contribution >= 0.6 is 0 Å². The molecule has 0 atom stereocenters. The van der Waals surface area contributed by atoms with Crippen LogP contribution in [0.1, 0.15) is 30.9 Å². The Kier molecular flexibility index (Phi) is 6.64. The molecule has 2 aromatic rings. The van der Waals surface area contributed by atoms with Gasteiger partial charge in [0.25, 0.3) is 0 Å². The van der Waals surface area contributed by atoms with Gasteiger partial charge in [0.2, 0.25) is 5.88 Å². The number of halogens is 3. The van der Waals surface area contributed by atoms with Crippen LogP contribution in [0.2, 0.25) is 0 Å². The molecule has 0 aliphatic rings. The average Bonchev–Trinajstić information content (AvgIpc) is 2.58. The van der Waals surface area contributed by atoms with Crippen LogP contribution in [0, 0.1) is 0 Å². The number of hydrogen-bond donors (Lipinski definition) is 1. The van der Waals surface area contributed by atoms with Gasteiger partial charge in [0.15, 0.2) is 0 Å². The number of aryl methyl sites for hydroxylation is 1. The normalized spacial score (nSPS) is 11.4. The van der Waals surface area contributed by atoms with Crippen molar-refractivity contribution in [2.45, 2.75) is 32.4 Å². The molecule has 0 saturated carbocycles. The second-order valence-corrected chi connectivity index (χ2v) is 5.43. The van der Waals surface area contributed by atoms with Gasteiger partial charge in [0.05, 0.1) is 12.2 Å². The molecule has 0 aliphatic carbocycles. The summed E-state index contributed by atoms with van der Waals surface area (Å²) < 4.78 is 48.9. The monoisotopic (exact) mass is 355 g/mol. The van der Waals surface area contributed by atoms with Crippen LogP contribution in [-0.4, -0.2) is 23.3 Å². The highest BCUT2D eigenvalue weighted by Crippen LogP contribution is 2.31. The van der Waals surface area contributed by atoms with E-state index in [2.05, 4.69) is 4.98 Å². The number of pyridine rings is 1. The van der Waals surface area contributed by atoms with Gasteiger partial charge in [-0.3, -0.25) is 0 Å². The summed E-state index contributed by atoms with van der Waals surface area (Å²) >= 11 is 0. The van der Waals surface area contributed by atoms with Crippen molar-refractivity contribution in [1.29, 1.82) is 0 Å². The summed E-state index contributed by atoms with van der Waals surface area (Å²) in [6.45, 7) is 2.61. The molecule has 0 aliphatic heterocycles. The molecule has 0 saturated heterocycles. The molecule has 0 radical (unpaired) electrons. The molecule has 4 nitrogen and oxygen atoms in total. The van der Waals surface area contributed by atoms with Crippen LogP contribution < -0.4 is 9.47 Å². The smallest absolute Gasteiger partial charge is 0.417 e. The molecule has 0 amide bonds. The lowest BCUT2D eigenvalue weighted by Crippen LogP contribution is -2.05. The van der Waals surface area contributed by atoms with Gasteiger partial charge in [-0.25, -0.2) is 4.98 Å². The van der Waals surface area contributed by atoms with E-state index in [0.29, 0.717) is 30.9 Å². The maximum Gasteiger partial charge on any atom is 0.417 e. The molecule has 0 spiro atoms. The Morgan fingerprint density at radius 2 is 1.96 bits per heavy atom. The van der Waals surface area contributed by atoms with Gasteiger partial charge >= 0.3 is 6.18 Å². The minimum Gasteiger partial charge on any atom is -0.493 e. The Balaban J connectivity index is 2.15. The summed E-state index contributed by atoms with van der Waals surface area (Å²) in [7, 11) is 0. The van der Waals surface area contributed by atoms with Gasteiger partial charge in [-0.05, 0) is 37.0 Å². The number of alkyl halides is 3. The van der Waals surface area contributed by atoms with E-state index in [1.54, 1.807) is 12.1 Å². The Bertz CT molecular complexity index is 672. The third-order valence-electron chi connectivity index (χ3n) is 3.39. The fourth-order valence-corrected chi connectivity index (χ4v) is 2.15. The highest BCUT2D eigenvalue weighted by molar-refractivity contribution is 5.42. The van der Waals surface area contributed by atoms with Crippen LogP contribution in [0.3, 0.4) is 0 Å². The standard InChI is InChI=1S/C18H20F3NO3/c1-2-10-24-16-11-15(7-5-13(16)4-3-9-23)25-17-8-6-14(12-22-17)18(19,20)21/h5-8,11-12,23H,2-4,9-10H2,1H3. The first-order valence-electron chi connectivity index (χ1n) is 8.01. The minimum absolute atomic E-state index is 0.0672. The van der Waals surface area contributed by atoms with E-state index in [-0.39, 0.29) is 12.5 Å². The zero-order valence-electron chi connectivity index (χ0n) is 13.8. The van der Waals surface area contributed by atoms with Crippen LogP contribution in [0.25, 0.3) is 0 Å². The van der Waals surface area contributed by atoms with Crippen molar-refractivity contribution in [2.75, 3.05) is 13.2 Å². The predicted molar refractivity (Wildman–Crippen MR) is 86.9 cm³/mol. The van der Waals surface area contributed by atoms with Crippen molar-refractivity contribution < 1.29 is 27.8 Å². The first kappa shape index (κ1) is 19.1. The van der Waals surface area contributed by atoms with Gasteiger partial charge in [0.1, 0.15) is 11.5 Å². The number of hydrogen-bond acceptors (Lipinski definition) is 4. The lowest BCUT2D eigenvalue weighted by Gasteiger charge is -2.13. The second-order valence-electron chi connectivity index (χ2n) is 5.43. The van der Waals surface area contributed by atoms with Crippen molar-refractivity contribution in [3.8, 4) is 17.4 Å². The predicted octanol–water partition coefficient (Wildman–Crippen LogP) is 4.61. The first-order chi connectivity index (χ1) is 11.9. The zero-order valence-corrected chi connectivity index (χ0v) is 13.8. The molecule has 0 unspecified atom stereocenters. The number of benzene rings is 1. The Hall–Kier alpha value is -2.28. The van der Waals surface area contributed by atoms with Crippen molar-refractivity contribution in [3.63, 3.8) is 0 Å². The molecule has 136 valence electrons. The zero-order chi connectivity index (χ0) is 18.3. The third-order valence-corrected chi connectivity index (χ3v) is 3.39. The van der Waals surface area contributed by atoms with E-state index in [4.69, 9.17) is 14.6 Å². The largest absolute Gasteiger partial charge is 0.493 e. The molecule has 2 rings (SSSR count). The van der Waals surface area contributed by atoms with Gasteiger partial charge < -0.3 is 14.6 Å². The fraction of sp³-hybridized carbons (Fsp3) is 0.389. The lowest BCUT2D eigenvalue weighted by atomic mass is 10.1. The molecule has 1 aromatic heterocycles. The van der Waals surface area contributed by atoms with Crippen molar-refractivity contribution in [1.82, 2.24) is 4.98 Å². The van der Waals surface area contributed by atoms with Gasteiger partial charge in [0, 0.05) is 24.9 Å². The first-order valence-corrected chi connectivity index (χ1v) is 8.01. The van der Waals surface area contributed by atoms with Crippen LogP contribution in [0.4, 0.5) is 13.2 Å². The Morgan fingerprint density at radius 1 is 1.16 bits per heavy atom.